The number of benzene rings is 2. The quantitative estimate of drug-likeness (QED) is 0.513. The molecule has 0 N–H and O–H groups in total. The molecular formula is C27H27ClN4O2. The number of rotatable bonds is 6. The zero-order valence-corrected chi connectivity index (χ0v) is 19.7. The standard InChI is InChI=1S/C27H27ClN4O2/c28-22-8-2-5-19(14-22)15-23-16-29-17-24(30-23)25-9-3-12-32(25)27(34)21-7-1-6-20(13-21)18-31-11-4-10-26(31)33/h1-2,5-8,13-14,16-17,25H,3-4,9-12,15,18H2/t25-/m0/s1. The largest absolute Gasteiger partial charge is 0.338 e. The van der Waals surface area contributed by atoms with Crippen LogP contribution in [0.1, 0.15) is 64.6 Å². The second kappa shape index (κ2) is 9.94. The molecule has 3 aromatic rings. The van der Waals surface area contributed by atoms with Gasteiger partial charge in [0.05, 0.1) is 23.6 Å². The Labute approximate surface area is 204 Å². The highest BCUT2D eigenvalue weighted by molar-refractivity contribution is 6.30. The van der Waals surface area contributed by atoms with Gasteiger partial charge in [-0.3, -0.25) is 19.6 Å². The van der Waals surface area contributed by atoms with Crippen molar-refractivity contribution in [3.8, 4) is 0 Å². The Morgan fingerprint density at radius 3 is 2.71 bits per heavy atom. The van der Waals surface area contributed by atoms with Gasteiger partial charge in [-0.2, -0.15) is 0 Å². The van der Waals surface area contributed by atoms with Crippen LogP contribution >= 0.6 is 11.6 Å². The minimum atomic E-state index is -0.0943. The molecule has 3 heterocycles. The molecule has 1 atom stereocenters. The van der Waals surface area contributed by atoms with Crippen LogP contribution in [0.25, 0.3) is 0 Å². The van der Waals surface area contributed by atoms with E-state index in [4.69, 9.17) is 16.6 Å². The van der Waals surface area contributed by atoms with Crippen molar-refractivity contribution in [3.05, 3.63) is 94.0 Å². The highest BCUT2D eigenvalue weighted by atomic mass is 35.5. The monoisotopic (exact) mass is 474 g/mol. The first-order valence-corrected chi connectivity index (χ1v) is 12.2. The van der Waals surface area contributed by atoms with E-state index in [0.29, 0.717) is 36.5 Å². The van der Waals surface area contributed by atoms with Gasteiger partial charge in [-0.15, -0.1) is 0 Å². The summed E-state index contributed by atoms with van der Waals surface area (Å²) in [6, 6.07) is 15.3. The number of hydrogen-bond donors (Lipinski definition) is 0. The second-order valence-corrected chi connectivity index (χ2v) is 9.45. The van der Waals surface area contributed by atoms with Gasteiger partial charge < -0.3 is 9.80 Å². The van der Waals surface area contributed by atoms with Gasteiger partial charge in [0, 0.05) is 49.3 Å². The van der Waals surface area contributed by atoms with Gasteiger partial charge in [0.15, 0.2) is 0 Å². The number of carbonyl (C=O) groups is 2. The molecular weight excluding hydrogens is 448 g/mol. The Kier molecular flexibility index (Phi) is 6.59. The first-order chi connectivity index (χ1) is 16.6. The zero-order valence-electron chi connectivity index (χ0n) is 19.0. The summed E-state index contributed by atoms with van der Waals surface area (Å²) in [6.07, 6.45) is 7.50. The molecule has 2 fully saturated rings. The Balaban J connectivity index is 1.32. The summed E-state index contributed by atoms with van der Waals surface area (Å²) in [5, 5.41) is 0.700. The average molecular weight is 475 g/mol. The summed E-state index contributed by atoms with van der Waals surface area (Å²) < 4.78 is 0. The van der Waals surface area contributed by atoms with Crippen molar-refractivity contribution in [2.45, 2.75) is 44.7 Å². The molecule has 2 aromatic carbocycles. The Morgan fingerprint density at radius 1 is 1.03 bits per heavy atom. The lowest BCUT2D eigenvalue weighted by Gasteiger charge is -2.25. The molecule has 2 aliphatic heterocycles. The van der Waals surface area contributed by atoms with Crippen molar-refractivity contribution < 1.29 is 9.59 Å². The molecule has 0 spiro atoms. The smallest absolute Gasteiger partial charge is 0.254 e. The fourth-order valence-electron chi connectivity index (χ4n) is 4.90. The minimum Gasteiger partial charge on any atom is -0.338 e. The molecule has 0 saturated carbocycles. The van der Waals surface area contributed by atoms with Gasteiger partial charge in [-0.05, 0) is 54.7 Å². The van der Waals surface area contributed by atoms with E-state index in [9.17, 15) is 9.59 Å². The van der Waals surface area contributed by atoms with E-state index >= 15 is 0 Å². The highest BCUT2D eigenvalue weighted by Crippen LogP contribution is 2.32. The number of hydrogen-bond acceptors (Lipinski definition) is 4. The van der Waals surface area contributed by atoms with Gasteiger partial charge in [0.25, 0.3) is 5.91 Å². The van der Waals surface area contributed by atoms with Gasteiger partial charge in [0.1, 0.15) is 0 Å². The van der Waals surface area contributed by atoms with Crippen LogP contribution < -0.4 is 0 Å². The number of aromatic nitrogens is 2. The molecule has 0 unspecified atom stereocenters. The van der Waals surface area contributed by atoms with Crippen molar-refractivity contribution in [1.29, 1.82) is 0 Å². The van der Waals surface area contributed by atoms with Crippen LogP contribution in [0, 0.1) is 0 Å². The number of nitrogens with zero attached hydrogens (tertiary/aromatic N) is 4. The average Bonchev–Trinajstić information content (AvgIpc) is 3.48. The Hall–Kier alpha value is -3.25. The van der Waals surface area contributed by atoms with E-state index in [0.717, 1.165) is 48.3 Å². The van der Waals surface area contributed by atoms with Crippen molar-refractivity contribution in [2.75, 3.05) is 13.1 Å². The summed E-state index contributed by atoms with van der Waals surface area (Å²) in [6.45, 7) is 2.04. The Morgan fingerprint density at radius 2 is 1.88 bits per heavy atom. The molecule has 1 aromatic heterocycles. The van der Waals surface area contributed by atoms with Crippen LogP contribution in [0.5, 0.6) is 0 Å². The summed E-state index contributed by atoms with van der Waals surface area (Å²) in [7, 11) is 0. The maximum atomic E-state index is 13.5. The first-order valence-electron chi connectivity index (χ1n) is 11.8. The third kappa shape index (κ3) is 4.97. The van der Waals surface area contributed by atoms with Gasteiger partial charge in [-0.1, -0.05) is 35.9 Å². The molecule has 7 heteroatoms. The van der Waals surface area contributed by atoms with E-state index in [2.05, 4.69) is 4.98 Å². The maximum Gasteiger partial charge on any atom is 0.254 e. The fourth-order valence-corrected chi connectivity index (χ4v) is 5.12. The van der Waals surface area contributed by atoms with Crippen LogP contribution in [-0.4, -0.2) is 44.7 Å². The molecule has 0 aliphatic carbocycles. The second-order valence-electron chi connectivity index (χ2n) is 9.02. The molecule has 5 rings (SSSR count). The van der Waals surface area contributed by atoms with E-state index in [1.165, 1.54) is 0 Å². The van der Waals surface area contributed by atoms with Crippen LogP contribution in [-0.2, 0) is 17.8 Å². The highest BCUT2D eigenvalue weighted by Gasteiger charge is 2.32. The van der Waals surface area contributed by atoms with Gasteiger partial charge in [0.2, 0.25) is 5.91 Å². The summed E-state index contributed by atoms with van der Waals surface area (Å²) >= 11 is 6.12. The SMILES string of the molecule is O=C1CCCN1Cc1cccc(C(=O)N2CCC[C@H]2c2cncc(Cc3cccc(Cl)c3)n2)c1. The third-order valence-corrected chi connectivity index (χ3v) is 6.79. The minimum absolute atomic E-state index is 0.000794. The van der Waals surface area contributed by atoms with Crippen molar-refractivity contribution in [3.63, 3.8) is 0 Å². The normalized spacial score (nSPS) is 18.0. The summed E-state index contributed by atoms with van der Waals surface area (Å²) in [5.41, 5.74) is 4.39. The van der Waals surface area contributed by atoms with Crippen LogP contribution in [0.15, 0.2) is 60.9 Å². The fraction of sp³-hybridized carbons (Fsp3) is 0.333. The van der Waals surface area contributed by atoms with E-state index < -0.39 is 0 Å². The summed E-state index contributed by atoms with van der Waals surface area (Å²) in [4.78, 5) is 38.5. The first kappa shape index (κ1) is 22.5. The molecule has 174 valence electrons. The lowest BCUT2D eigenvalue weighted by Crippen LogP contribution is -2.31. The van der Waals surface area contributed by atoms with Crippen molar-refractivity contribution in [2.24, 2.45) is 0 Å². The van der Waals surface area contributed by atoms with Crippen molar-refractivity contribution in [1.82, 2.24) is 19.8 Å². The lowest BCUT2D eigenvalue weighted by atomic mass is 10.1. The zero-order chi connectivity index (χ0) is 23.5. The molecule has 6 nitrogen and oxygen atoms in total. The van der Waals surface area contributed by atoms with E-state index in [1.807, 2.05) is 58.3 Å². The third-order valence-electron chi connectivity index (χ3n) is 6.55. The molecule has 0 bridgehead atoms. The summed E-state index contributed by atoms with van der Waals surface area (Å²) in [5.74, 6) is 0.187. The van der Waals surface area contributed by atoms with Crippen LogP contribution in [0.4, 0.5) is 0 Å². The molecule has 2 aliphatic rings. The van der Waals surface area contributed by atoms with Crippen LogP contribution in [0.2, 0.25) is 5.02 Å². The van der Waals surface area contributed by atoms with E-state index in [1.54, 1.807) is 12.4 Å². The molecule has 0 radical (unpaired) electrons. The maximum absolute atomic E-state index is 13.5. The lowest BCUT2D eigenvalue weighted by molar-refractivity contribution is -0.128. The number of halogens is 1. The predicted octanol–water partition coefficient (Wildman–Crippen LogP) is 4.82. The number of amides is 2. The molecule has 34 heavy (non-hydrogen) atoms. The Bertz CT molecular complexity index is 1210. The van der Waals surface area contributed by atoms with Crippen molar-refractivity contribution >= 4 is 23.4 Å². The number of carbonyl (C=O) groups excluding carboxylic acids is 2. The number of likely N-dealkylation sites (tertiary alicyclic amines) is 2. The topological polar surface area (TPSA) is 66.4 Å². The molecule has 2 saturated heterocycles. The van der Waals surface area contributed by atoms with E-state index in [-0.39, 0.29) is 17.9 Å². The van der Waals surface area contributed by atoms with Gasteiger partial charge in [-0.25, -0.2) is 0 Å². The van der Waals surface area contributed by atoms with Gasteiger partial charge >= 0.3 is 0 Å². The van der Waals surface area contributed by atoms with Crippen LogP contribution in [0.3, 0.4) is 0 Å². The molecule has 2 amide bonds. The predicted molar refractivity (Wildman–Crippen MR) is 130 cm³/mol.